The second kappa shape index (κ2) is 10.8. The van der Waals surface area contributed by atoms with E-state index in [1.165, 1.54) is 6.07 Å². The number of benzene rings is 4. The van der Waals surface area contributed by atoms with Crippen LogP contribution in [0.5, 0.6) is 17.2 Å². The number of hydrogen-bond donors (Lipinski definition) is 2. The SMILES string of the molecule is COc1ccc(-c2cc3c(O)cc(C(=O)O)c(-c4ccc(SC)cc4)c3cc2N2CCOCC2)c(OC)c1. The number of rotatable bonds is 7. The molecule has 7 nitrogen and oxygen atoms in total. The van der Waals surface area contributed by atoms with Crippen LogP contribution in [0.1, 0.15) is 10.4 Å². The highest BCUT2D eigenvalue weighted by Gasteiger charge is 2.24. The van der Waals surface area contributed by atoms with E-state index in [9.17, 15) is 15.0 Å². The van der Waals surface area contributed by atoms with Crippen molar-refractivity contribution < 1.29 is 29.2 Å². The third-order valence-electron chi connectivity index (χ3n) is 6.89. The number of phenolic OH excluding ortho intramolecular Hbond substituents is 1. The van der Waals surface area contributed by atoms with E-state index in [4.69, 9.17) is 14.2 Å². The Balaban J connectivity index is 1.84. The van der Waals surface area contributed by atoms with Crippen molar-refractivity contribution in [1.82, 2.24) is 0 Å². The van der Waals surface area contributed by atoms with E-state index in [2.05, 4.69) is 4.90 Å². The number of carboxylic acid groups (broad SMARTS) is 1. The fourth-order valence-electron chi connectivity index (χ4n) is 4.98. The Kier molecular flexibility index (Phi) is 7.35. The zero-order valence-corrected chi connectivity index (χ0v) is 22.3. The third kappa shape index (κ3) is 4.73. The van der Waals surface area contributed by atoms with Crippen molar-refractivity contribution in [1.29, 1.82) is 0 Å². The molecule has 0 atom stereocenters. The molecule has 2 N–H and O–H groups in total. The van der Waals surface area contributed by atoms with E-state index in [-0.39, 0.29) is 11.3 Å². The molecule has 0 spiro atoms. The number of morpholine rings is 1. The molecule has 0 saturated carbocycles. The topological polar surface area (TPSA) is 88.5 Å². The van der Waals surface area contributed by atoms with Gasteiger partial charge in [-0.3, -0.25) is 0 Å². The molecule has 4 aromatic rings. The van der Waals surface area contributed by atoms with Gasteiger partial charge in [0.05, 0.1) is 33.0 Å². The highest BCUT2D eigenvalue weighted by molar-refractivity contribution is 7.98. The number of aromatic hydroxyl groups is 1. The first kappa shape index (κ1) is 25.8. The smallest absolute Gasteiger partial charge is 0.336 e. The summed E-state index contributed by atoms with van der Waals surface area (Å²) < 4.78 is 16.7. The zero-order valence-electron chi connectivity index (χ0n) is 21.5. The second-order valence-electron chi connectivity index (χ2n) is 8.93. The number of carbonyl (C=O) groups is 1. The van der Waals surface area contributed by atoms with Gasteiger partial charge >= 0.3 is 5.97 Å². The van der Waals surface area contributed by atoms with Crippen LogP contribution in [0.3, 0.4) is 0 Å². The quantitative estimate of drug-likeness (QED) is 0.275. The van der Waals surface area contributed by atoms with Gasteiger partial charge in [-0.05, 0) is 59.7 Å². The lowest BCUT2D eigenvalue weighted by Gasteiger charge is -2.31. The summed E-state index contributed by atoms with van der Waals surface area (Å²) in [5.41, 5.74) is 4.00. The van der Waals surface area contributed by atoms with Gasteiger partial charge in [-0.15, -0.1) is 11.8 Å². The zero-order chi connectivity index (χ0) is 26.8. The van der Waals surface area contributed by atoms with Gasteiger partial charge in [0.15, 0.2) is 0 Å². The lowest BCUT2D eigenvalue weighted by atomic mass is 9.89. The van der Waals surface area contributed by atoms with E-state index < -0.39 is 5.97 Å². The average Bonchev–Trinajstić information content (AvgIpc) is 2.96. The van der Waals surface area contributed by atoms with E-state index in [0.717, 1.165) is 27.3 Å². The fourth-order valence-corrected chi connectivity index (χ4v) is 5.39. The highest BCUT2D eigenvalue weighted by Crippen LogP contribution is 2.46. The lowest BCUT2D eigenvalue weighted by Crippen LogP contribution is -2.36. The van der Waals surface area contributed by atoms with E-state index >= 15 is 0 Å². The maximum atomic E-state index is 12.4. The molecular weight excluding hydrogens is 502 g/mol. The number of phenols is 1. The Morgan fingerprint density at radius 2 is 1.66 bits per heavy atom. The molecule has 0 radical (unpaired) electrons. The number of hydrogen-bond acceptors (Lipinski definition) is 7. The second-order valence-corrected chi connectivity index (χ2v) is 9.81. The van der Waals surface area contributed by atoms with Crippen LogP contribution in [0.25, 0.3) is 33.0 Å². The van der Waals surface area contributed by atoms with Crippen molar-refractivity contribution in [3.8, 4) is 39.5 Å². The Labute approximate surface area is 225 Å². The molecule has 1 aliphatic rings. The normalized spacial score (nSPS) is 13.5. The maximum absolute atomic E-state index is 12.4. The van der Waals surface area contributed by atoms with Crippen molar-refractivity contribution in [2.45, 2.75) is 4.90 Å². The fraction of sp³-hybridized carbons (Fsp3) is 0.233. The molecule has 0 unspecified atom stereocenters. The minimum Gasteiger partial charge on any atom is -0.507 e. The van der Waals surface area contributed by atoms with Crippen molar-refractivity contribution in [2.24, 2.45) is 0 Å². The Morgan fingerprint density at radius 1 is 0.921 bits per heavy atom. The molecule has 4 aromatic carbocycles. The molecule has 8 heteroatoms. The number of carboxylic acids is 1. The Bertz CT molecular complexity index is 1500. The minimum absolute atomic E-state index is 0.0506. The maximum Gasteiger partial charge on any atom is 0.336 e. The number of thioether (sulfide) groups is 1. The summed E-state index contributed by atoms with van der Waals surface area (Å²) in [7, 11) is 3.22. The molecule has 1 heterocycles. The number of nitrogens with zero attached hydrogens (tertiary/aromatic N) is 1. The van der Waals surface area contributed by atoms with Gasteiger partial charge in [0, 0.05) is 51.8 Å². The summed E-state index contributed by atoms with van der Waals surface area (Å²) in [5, 5.41) is 22.4. The van der Waals surface area contributed by atoms with Crippen LogP contribution in [0.2, 0.25) is 0 Å². The van der Waals surface area contributed by atoms with Gasteiger partial charge in [0.1, 0.15) is 17.2 Å². The van der Waals surface area contributed by atoms with Gasteiger partial charge in [-0.25, -0.2) is 4.79 Å². The van der Waals surface area contributed by atoms with Crippen molar-refractivity contribution >= 4 is 34.2 Å². The van der Waals surface area contributed by atoms with Crippen molar-refractivity contribution in [2.75, 3.05) is 51.7 Å². The summed E-state index contributed by atoms with van der Waals surface area (Å²) in [6.07, 6.45) is 2.00. The predicted molar refractivity (Wildman–Crippen MR) is 151 cm³/mol. The van der Waals surface area contributed by atoms with E-state index in [1.54, 1.807) is 26.0 Å². The summed E-state index contributed by atoms with van der Waals surface area (Å²) in [4.78, 5) is 15.7. The third-order valence-corrected chi connectivity index (χ3v) is 7.63. The van der Waals surface area contributed by atoms with Crippen LogP contribution in [-0.2, 0) is 4.74 Å². The molecular formula is C30H29NO6S. The summed E-state index contributed by atoms with van der Waals surface area (Å²) in [6, 6.07) is 18.7. The molecule has 1 aliphatic heterocycles. The number of fused-ring (bicyclic) bond motifs is 1. The molecule has 1 saturated heterocycles. The summed E-state index contributed by atoms with van der Waals surface area (Å²) >= 11 is 1.62. The Morgan fingerprint density at radius 3 is 2.29 bits per heavy atom. The molecule has 5 rings (SSSR count). The monoisotopic (exact) mass is 531 g/mol. The van der Waals surface area contributed by atoms with Gasteiger partial charge in [-0.1, -0.05) is 12.1 Å². The van der Waals surface area contributed by atoms with Crippen LogP contribution in [0.4, 0.5) is 5.69 Å². The standard InChI is InChI=1S/C30H29NO6S/c1-35-19-6-9-21(28(14-19)36-2)22-15-23-24(16-26(22)31-10-12-37-13-11-31)29(25(30(33)34)17-27(23)32)18-4-7-20(38-3)8-5-18/h4-9,14-17,32H,10-13H2,1-3H3,(H,33,34). The van der Waals surface area contributed by atoms with Gasteiger partial charge in [0.25, 0.3) is 0 Å². The largest absolute Gasteiger partial charge is 0.507 e. The molecule has 1 fully saturated rings. The molecule has 0 aromatic heterocycles. The number of anilines is 1. The highest BCUT2D eigenvalue weighted by atomic mass is 32.2. The number of aromatic carboxylic acids is 1. The van der Waals surface area contributed by atoms with E-state index in [0.29, 0.717) is 54.1 Å². The van der Waals surface area contributed by atoms with Crippen LogP contribution < -0.4 is 14.4 Å². The molecule has 0 bridgehead atoms. The van der Waals surface area contributed by atoms with E-state index in [1.807, 2.05) is 60.9 Å². The van der Waals surface area contributed by atoms with Crippen LogP contribution in [-0.4, -0.2) is 63.0 Å². The van der Waals surface area contributed by atoms with Gasteiger partial charge < -0.3 is 29.3 Å². The minimum atomic E-state index is -1.10. The molecule has 0 amide bonds. The van der Waals surface area contributed by atoms with Gasteiger partial charge in [-0.2, -0.15) is 0 Å². The molecule has 196 valence electrons. The van der Waals surface area contributed by atoms with Gasteiger partial charge in [0.2, 0.25) is 0 Å². The lowest BCUT2D eigenvalue weighted by molar-refractivity contribution is 0.0697. The Hall–Kier alpha value is -3.88. The first-order valence-electron chi connectivity index (χ1n) is 12.2. The van der Waals surface area contributed by atoms with Crippen molar-refractivity contribution in [3.05, 3.63) is 66.2 Å². The average molecular weight is 532 g/mol. The first-order valence-corrected chi connectivity index (χ1v) is 13.4. The van der Waals surface area contributed by atoms with Crippen molar-refractivity contribution in [3.63, 3.8) is 0 Å². The van der Waals surface area contributed by atoms with Crippen LogP contribution in [0, 0.1) is 0 Å². The molecule has 0 aliphatic carbocycles. The summed E-state index contributed by atoms with van der Waals surface area (Å²) in [5.74, 6) is 0.112. The van der Waals surface area contributed by atoms with Crippen LogP contribution >= 0.6 is 11.8 Å². The first-order chi connectivity index (χ1) is 18.4. The molecule has 38 heavy (non-hydrogen) atoms. The van der Waals surface area contributed by atoms with Crippen LogP contribution in [0.15, 0.2) is 65.6 Å². The number of ether oxygens (including phenoxy) is 3. The summed E-state index contributed by atoms with van der Waals surface area (Å²) in [6.45, 7) is 2.53. The number of methoxy groups -OCH3 is 2. The predicted octanol–water partition coefficient (Wildman–Crippen LogP) is 6.15.